The average molecular weight is 450 g/mol. The van der Waals surface area contributed by atoms with Crippen molar-refractivity contribution >= 4 is 33.2 Å². The van der Waals surface area contributed by atoms with Crippen molar-refractivity contribution < 1.29 is 4.42 Å². The lowest BCUT2D eigenvalue weighted by Crippen LogP contribution is -2.26. The molecule has 4 aromatic heterocycles. The standard InChI is InChI=1S/C27H23N5O2/c1-2-22-30-25-23(27(33)31(22)15-14-18-9-4-3-5-10-18)24-26(32(25)17-19-11-8-16-34-19)29-21-13-7-6-12-20(21)28-24/h3-13,16H,2,14-15,17H2,1H3. The molecule has 7 heteroatoms. The topological polar surface area (TPSA) is 78.7 Å². The van der Waals surface area contributed by atoms with Crippen molar-refractivity contribution in [1.82, 2.24) is 24.1 Å². The molecular weight excluding hydrogens is 426 g/mol. The Balaban J connectivity index is 1.61. The van der Waals surface area contributed by atoms with E-state index >= 15 is 0 Å². The van der Waals surface area contributed by atoms with Crippen LogP contribution in [0.2, 0.25) is 0 Å². The fraction of sp³-hybridized carbons (Fsp3) is 0.185. The Morgan fingerprint density at radius 2 is 1.59 bits per heavy atom. The lowest BCUT2D eigenvalue weighted by atomic mass is 10.1. The van der Waals surface area contributed by atoms with Crippen molar-refractivity contribution in [2.45, 2.75) is 32.9 Å². The summed E-state index contributed by atoms with van der Waals surface area (Å²) >= 11 is 0. The van der Waals surface area contributed by atoms with Crippen molar-refractivity contribution in [2.75, 3.05) is 0 Å². The molecule has 0 aliphatic rings. The molecule has 0 fully saturated rings. The Morgan fingerprint density at radius 1 is 0.824 bits per heavy atom. The second-order valence-corrected chi connectivity index (χ2v) is 8.32. The van der Waals surface area contributed by atoms with Gasteiger partial charge in [0.1, 0.15) is 22.5 Å². The Morgan fingerprint density at radius 3 is 2.32 bits per heavy atom. The van der Waals surface area contributed by atoms with E-state index in [1.807, 2.05) is 66.1 Å². The van der Waals surface area contributed by atoms with Crippen molar-refractivity contribution in [3.05, 3.63) is 100 Å². The molecule has 0 aliphatic heterocycles. The van der Waals surface area contributed by atoms with Crippen LogP contribution in [-0.2, 0) is 25.9 Å². The molecule has 0 saturated heterocycles. The summed E-state index contributed by atoms with van der Waals surface area (Å²) in [5.74, 6) is 1.52. The Labute approximate surface area is 195 Å². The van der Waals surface area contributed by atoms with E-state index in [1.165, 1.54) is 5.56 Å². The zero-order chi connectivity index (χ0) is 23.1. The van der Waals surface area contributed by atoms with Crippen LogP contribution < -0.4 is 5.56 Å². The van der Waals surface area contributed by atoms with Gasteiger partial charge in [-0.05, 0) is 36.2 Å². The maximum Gasteiger partial charge on any atom is 0.265 e. The molecule has 6 rings (SSSR count). The lowest BCUT2D eigenvalue weighted by molar-refractivity contribution is 0.498. The average Bonchev–Trinajstić information content (AvgIpc) is 3.49. The molecule has 0 amide bonds. The van der Waals surface area contributed by atoms with Gasteiger partial charge in [0.2, 0.25) is 0 Å². The Kier molecular flexibility index (Phi) is 4.95. The number of para-hydroxylation sites is 2. The summed E-state index contributed by atoms with van der Waals surface area (Å²) in [5.41, 5.74) is 4.44. The van der Waals surface area contributed by atoms with Crippen LogP contribution in [0.15, 0.2) is 82.2 Å². The molecule has 0 atom stereocenters. The summed E-state index contributed by atoms with van der Waals surface area (Å²) in [6.45, 7) is 3.00. The molecule has 34 heavy (non-hydrogen) atoms. The van der Waals surface area contributed by atoms with Crippen molar-refractivity contribution in [3.8, 4) is 0 Å². The number of fused-ring (bicyclic) bond motifs is 4. The van der Waals surface area contributed by atoms with Gasteiger partial charge in [0.05, 0.1) is 23.8 Å². The molecule has 7 nitrogen and oxygen atoms in total. The minimum Gasteiger partial charge on any atom is -0.467 e. The third kappa shape index (κ3) is 3.37. The van der Waals surface area contributed by atoms with E-state index in [-0.39, 0.29) is 5.56 Å². The summed E-state index contributed by atoms with van der Waals surface area (Å²) in [7, 11) is 0. The molecule has 6 aromatic rings. The highest BCUT2D eigenvalue weighted by Gasteiger charge is 2.22. The quantitative estimate of drug-likeness (QED) is 0.367. The highest BCUT2D eigenvalue weighted by Crippen LogP contribution is 2.26. The predicted octanol–water partition coefficient (Wildman–Crippen LogP) is 4.74. The van der Waals surface area contributed by atoms with Gasteiger partial charge in [0, 0.05) is 13.0 Å². The third-order valence-electron chi connectivity index (χ3n) is 6.21. The van der Waals surface area contributed by atoms with E-state index in [4.69, 9.17) is 19.4 Å². The molecule has 0 unspecified atom stereocenters. The molecule has 4 heterocycles. The molecular formula is C27H23N5O2. The van der Waals surface area contributed by atoms with Crippen molar-refractivity contribution in [1.29, 1.82) is 0 Å². The SMILES string of the molecule is CCc1nc2c(c(=O)n1CCc1ccccc1)c1nc3ccccc3nc1n2Cc1ccco1. The van der Waals surface area contributed by atoms with Gasteiger partial charge in [-0.3, -0.25) is 9.36 Å². The van der Waals surface area contributed by atoms with Crippen LogP contribution in [0.3, 0.4) is 0 Å². The monoisotopic (exact) mass is 449 g/mol. The molecule has 0 spiro atoms. The van der Waals surface area contributed by atoms with E-state index < -0.39 is 0 Å². The molecule has 0 aliphatic carbocycles. The zero-order valence-electron chi connectivity index (χ0n) is 18.8. The van der Waals surface area contributed by atoms with Gasteiger partial charge in [-0.15, -0.1) is 0 Å². The van der Waals surface area contributed by atoms with Gasteiger partial charge < -0.3 is 8.98 Å². The van der Waals surface area contributed by atoms with Gasteiger partial charge in [0.15, 0.2) is 11.3 Å². The van der Waals surface area contributed by atoms with Crippen LogP contribution in [0.25, 0.3) is 33.2 Å². The normalized spacial score (nSPS) is 11.7. The Hall–Kier alpha value is -4.26. The minimum atomic E-state index is -0.0782. The number of benzene rings is 2. The van der Waals surface area contributed by atoms with Crippen molar-refractivity contribution in [2.24, 2.45) is 0 Å². The lowest BCUT2D eigenvalue weighted by Gasteiger charge is -2.12. The van der Waals surface area contributed by atoms with E-state index in [2.05, 4.69) is 12.1 Å². The summed E-state index contributed by atoms with van der Waals surface area (Å²) in [6, 6.07) is 21.7. The van der Waals surface area contributed by atoms with Crippen LogP contribution in [0, 0.1) is 0 Å². The van der Waals surface area contributed by atoms with E-state index in [9.17, 15) is 4.79 Å². The number of aromatic nitrogens is 5. The smallest absolute Gasteiger partial charge is 0.265 e. The molecule has 0 saturated carbocycles. The predicted molar refractivity (Wildman–Crippen MR) is 132 cm³/mol. The zero-order valence-corrected chi connectivity index (χ0v) is 18.8. The molecule has 0 radical (unpaired) electrons. The van der Waals surface area contributed by atoms with Gasteiger partial charge in [-0.25, -0.2) is 15.0 Å². The van der Waals surface area contributed by atoms with Crippen molar-refractivity contribution in [3.63, 3.8) is 0 Å². The number of furan rings is 1. The number of nitrogens with zero attached hydrogens (tertiary/aromatic N) is 5. The first-order valence-electron chi connectivity index (χ1n) is 11.5. The summed E-state index contributed by atoms with van der Waals surface area (Å²) < 4.78 is 9.35. The van der Waals surface area contributed by atoms with E-state index in [1.54, 1.807) is 10.8 Å². The number of aryl methyl sites for hydroxylation is 2. The highest BCUT2D eigenvalue weighted by atomic mass is 16.3. The van der Waals surface area contributed by atoms with E-state index in [0.29, 0.717) is 41.7 Å². The minimum absolute atomic E-state index is 0.0782. The van der Waals surface area contributed by atoms with E-state index in [0.717, 1.165) is 29.0 Å². The van der Waals surface area contributed by atoms with Crippen LogP contribution in [0.1, 0.15) is 24.1 Å². The van der Waals surface area contributed by atoms with Gasteiger partial charge >= 0.3 is 0 Å². The molecule has 0 bridgehead atoms. The van der Waals surface area contributed by atoms with Crippen LogP contribution in [-0.4, -0.2) is 24.1 Å². The summed E-state index contributed by atoms with van der Waals surface area (Å²) in [5, 5.41) is 0.505. The number of hydrogen-bond donors (Lipinski definition) is 0. The van der Waals surface area contributed by atoms with Gasteiger partial charge in [0.25, 0.3) is 5.56 Å². The maximum atomic E-state index is 13.9. The van der Waals surface area contributed by atoms with Crippen LogP contribution in [0.5, 0.6) is 0 Å². The summed E-state index contributed by atoms with van der Waals surface area (Å²) in [6.07, 6.45) is 3.04. The van der Waals surface area contributed by atoms with Gasteiger partial charge in [-0.1, -0.05) is 49.4 Å². The molecule has 0 N–H and O–H groups in total. The fourth-order valence-corrected chi connectivity index (χ4v) is 4.53. The number of rotatable bonds is 6. The molecule has 2 aromatic carbocycles. The summed E-state index contributed by atoms with van der Waals surface area (Å²) in [4.78, 5) is 28.6. The third-order valence-corrected chi connectivity index (χ3v) is 6.21. The van der Waals surface area contributed by atoms with Crippen LogP contribution >= 0.6 is 0 Å². The maximum absolute atomic E-state index is 13.9. The largest absolute Gasteiger partial charge is 0.467 e. The molecule has 168 valence electrons. The highest BCUT2D eigenvalue weighted by molar-refractivity contribution is 6.04. The second-order valence-electron chi connectivity index (χ2n) is 8.32. The number of hydrogen-bond acceptors (Lipinski definition) is 5. The first-order chi connectivity index (χ1) is 16.7. The van der Waals surface area contributed by atoms with Gasteiger partial charge in [-0.2, -0.15) is 0 Å². The Bertz CT molecular complexity index is 1680. The fourth-order valence-electron chi connectivity index (χ4n) is 4.53. The first-order valence-corrected chi connectivity index (χ1v) is 11.5. The van der Waals surface area contributed by atoms with Crippen LogP contribution in [0.4, 0.5) is 0 Å². The second kappa shape index (κ2) is 8.26. The first kappa shape index (κ1) is 20.4.